The Bertz CT molecular complexity index is 1320. The van der Waals surface area contributed by atoms with Gasteiger partial charge in [-0.1, -0.05) is 31.9 Å². The number of unbranched alkanes of at least 4 members (excludes halogenated alkanes) is 2. The first-order chi connectivity index (χ1) is 14.0. The molecule has 0 N–H and O–H groups in total. The molecule has 0 aliphatic heterocycles. The maximum absolute atomic E-state index is 13.5. The van der Waals surface area contributed by atoms with Gasteiger partial charge in [0.2, 0.25) is 5.43 Å². The highest BCUT2D eigenvalue weighted by molar-refractivity contribution is 5.91. The fraction of sp³-hybridized carbons (Fsp3) is 0.261. The molecule has 4 aromatic rings. The second-order valence-corrected chi connectivity index (χ2v) is 7.21. The number of aromatic nitrogens is 3. The first kappa shape index (κ1) is 19.1. The number of rotatable bonds is 5. The van der Waals surface area contributed by atoms with Crippen LogP contribution >= 0.6 is 0 Å². The Kier molecular flexibility index (Phi) is 5.01. The van der Waals surface area contributed by atoms with E-state index in [0.717, 1.165) is 24.8 Å². The zero-order chi connectivity index (χ0) is 20.5. The van der Waals surface area contributed by atoms with Crippen LogP contribution in [0, 0.1) is 5.82 Å². The molecule has 6 heteroatoms. The second kappa shape index (κ2) is 7.62. The van der Waals surface area contributed by atoms with Gasteiger partial charge in [0, 0.05) is 18.9 Å². The molecule has 5 nitrogen and oxygen atoms in total. The third-order valence-corrected chi connectivity index (χ3v) is 5.28. The largest absolute Gasteiger partial charge is 0.328 e. The van der Waals surface area contributed by atoms with Gasteiger partial charge in [-0.05, 0) is 42.8 Å². The van der Waals surface area contributed by atoms with Crippen LogP contribution in [-0.2, 0) is 13.5 Å². The number of benzene rings is 2. The summed E-state index contributed by atoms with van der Waals surface area (Å²) in [5.41, 5.74) is 0.869. The molecule has 148 valence electrons. The summed E-state index contributed by atoms with van der Waals surface area (Å²) < 4.78 is 16.7. The van der Waals surface area contributed by atoms with E-state index in [0.29, 0.717) is 29.0 Å². The van der Waals surface area contributed by atoms with Crippen LogP contribution in [-0.4, -0.2) is 14.1 Å². The van der Waals surface area contributed by atoms with Crippen molar-refractivity contribution >= 4 is 21.9 Å². The molecule has 0 saturated heterocycles. The highest BCUT2D eigenvalue weighted by atomic mass is 19.1. The van der Waals surface area contributed by atoms with Gasteiger partial charge in [0.05, 0.1) is 11.2 Å². The molecule has 2 aromatic carbocycles. The van der Waals surface area contributed by atoms with E-state index >= 15 is 0 Å². The van der Waals surface area contributed by atoms with Crippen LogP contribution in [0.25, 0.3) is 27.6 Å². The van der Waals surface area contributed by atoms with Gasteiger partial charge in [-0.2, -0.15) is 0 Å². The van der Waals surface area contributed by atoms with E-state index < -0.39 is 5.56 Å². The molecule has 0 bridgehead atoms. The van der Waals surface area contributed by atoms with Gasteiger partial charge in [0.1, 0.15) is 17.0 Å². The predicted octanol–water partition coefficient (Wildman–Crippen LogP) is 4.11. The second-order valence-electron chi connectivity index (χ2n) is 7.21. The molecule has 0 spiro atoms. The van der Waals surface area contributed by atoms with E-state index in [-0.39, 0.29) is 16.6 Å². The average molecular weight is 391 g/mol. The highest BCUT2D eigenvalue weighted by Gasteiger charge is 2.19. The van der Waals surface area contributed by atoms with Crippen LogP contribution in [0.2, 0.25) is 0 Å². The quantitative estimate of drug-likeness (QED) is 0.380. The summed E-state index contributed by atoms with van der Waals surface area (Å²) in [7, 11) is 1.81. The monoisotopic (exact) mass is 391 g/mol. The van der Waals surface area contributed by atoms with E-state index in [2.05, 4.69) is 6.92 Å². The summed E-state index contributed by atoms with van der Waals surface area (Å²) >= 11 is 0. The number of pyridine rings is 1. The molecule has 0 aliphatic rings. The molecule has 0 saturated carbocycles. The van der Waals surface area contributed by atoms with Gasteiger partial charge in [-0.25, -0.2) is 9.37 Å². The summed E-state index contributed by atoms with van der Waals surface area (Å²) in [5, 5.41) is 0.528. The van der Waals surface area contributed by atoms with Crippen molar-refractivity contribution < 1.29 is 4.39 Å². The van der Waals surface area contributed by atoms with Gasteiger partial charge in [-0.3, -0.25) is 14.2 Å². The minimum absolute atomic E-state index is 0.0507. The molecule has 2 heterocycles. The van der Waals surface area contributed by atoms with E-state index in [4.69, 9.17) is 4.98 Å². The molecule has 4 rings (SSSR count). The fourth-order valence-corrected chi connectivity index (χ4v) is 3.76. The lowest BCUT2D eigenvalue weighted by atomic mass is 10.1. The number of fused-ring (bicyclic) bond motifs is 2. The molecule has 0 atom stereocenters. The van der Waals surface area contributed by atoms with Crippen LogP contribution in [0.15, 0.2) is 58.1 Å². The SMILES string of the molecule is CCCCCc1nc2c(c(=O)c3ccccc3n2C)c(=O)n1-c1ccc(F)cc1. The third-order valence-electron chi connectivity index (χ3n) is 5.28. The number of nitrogens with zero attached hydrogens (tertiary/aromatic N) is 3. The summed E-state index contributed by atoms with van der Waals surface area (Å²) in [6.45, 7) is 2.11. The van der Waals surface area contributed by atoms with Crippen molar-refractivity contribution in [3.05, 3.63) is 80.7 Å². The first-order valence-corrected chi connectivity index (χ1v) is 9.82. The Balaban J connectivity index is 2.10. The van der Waals surface area contributed by atoms with Gasteiger partial charge in [0.15, 0.2) is 5.65 Å². The van der Waals surface area contributed by atoms with Crippen molar-refractivity contribution in [2.75, 3.05) is 0 Å². The lowest BCUT2D eigenvalue weighted by molar-refractivity contribution is 0.626. The van der Waals surface area contributed by atoms with Crippen molar-refractivity contribution in [1.29, 1.82) is 0 Å². The van der Waals surface area contributed by atoms with Crippen molar-refractivity contribution in [3.63, 3.8) is 0 Å². The lowest BCUT2D eigenvalue weighted by Crippen LogP contribution is -2.29. The van der Waals surface area contributed by atoms with Crippen LogP contribution in [0.1, 0.15) is 32.0 Å². The maximum Gasteiger partial charge on any atom is 0.271 e. The third kappa shape index (κ3) is 3.24. The lowest BCUT2D eigenvalue weighted by Gasteiger charge is -2.16. The molecule has 0 unspecified atom stereocenters. The van der Waals surface area contributed by atoms with E-state index in [1.54, 1.807) is 28.8 Å². The normalized spacial score (nSPS) is 11.4. The van der Waals surface area contributed by atoms with Crippen molar-refractivity contribution in [3.8, 4) is 5.69 Å². The molecular formula is C23H22FN3O2. The topological polar surface area (TPSA) is 56.9 Å². The van der Waals surface area contributed by atoms with Crippen LogP contribution in [0.3, 0.4) is 0 Å². The Morgan fingerprint density at radius 3 is 2.45 bits per heavy atom. The standard InChI is InChI=1S/C23H22FN3O2/c1-3-4-5-10-19-25-22-20(21(28)17-8-6-7-9-18(17)26(22)2)23(29)27(19)16-13-11-15(24)12-14-16/h6-9,11-14H,3-5,10H2,1-2H3. The summed E-state index contributed by atoms with van der Waals surface area (Å²) in [6.07, 6.45) is 3.51. The van der Waals surface area contributed by atoms with Crippen LogP contribution in [0.5, 0.6) is 0 Å². The maximum atomic E-state index is 13.5. The van der Waals surface area contributed by atoms with Crippen LogP contribution in [0.4, 0.5) is 4.39 Å². The summed E-state index contributed by atoms with van der Waals surface area (Å²) in [4.78, 5) is 31.4. The Hall–Kier alpha value is -3.28. The smallest absolute Gasteiger partial charge is 0.271 e. The minimum atomic E-state index is -0.417. The van der Waals surface area contributed by atoms with Gasteiger partial charge in [-0.15, -0.1) is 0 Å². The molecule has 0 radical (unpaired) electrons. The fourth-order valence-electron chi connectivity index (χ4n) is 3.76. The number of hydrogen-bond acceptors (Lipinski definition) is 3. The van der Waals surface area contributed by atoms with Crippen LogP contribution < -0.4 is 11.0 Å². The zero-order valence-corrected chi connectivity index (χ0v) is 16.5. The number of aryl methyl sites for hydroxylation is 2. The van der Waals surface area contributed by atoms with E-state index in [9.17, 15) is 14.0 Å². The number of para-hydroxylation sites is 1. The number of hydrogen-bond donors (Lipinski definition) is 0. The molecular weight excluding hydrogens is 369 g/mol. The Labute approximate surface area is 167 Å². The van der Waals surface area contributed by atoms with Crippen molar-refractivity contribution in [2.24, 2.45) is 7.05 Å². The van der Waals surface area contributed by atoms with Crippen molar-refractivity contribution in [1.82, 2.24) is 14.1 Å². The molecule has 0 amide bonds. The minimum Gasteiger partial charge on any atom is -0.328 e. The first-order valence-electron chi connectivity index (χ1n) is 9.82. The van der Waals surface area contributed by atoms with Gasteiger partial charge in [0.25, 0.3) is 5.56 Å². The van der Waals surface area contributed by atoms with Gasteiger partial charge >= 0.3 is 0 Å². The van der Waals surface area contributed by atoms with Gasteiger partial charge < -0.3 is 4.57 Å². The molecule has 0 aliphatic carbocycles. The van der Waals surface area contributed by atoms with Crippen molar-refractivity contribution in [2.45, 2.75) is 32.6 Å². The van der Waals surface area contributed by atoms with E-state index in [1.165, 1.54) is 16.7 Å². The molecule has 0 fully saturated rings. The highest BCUT2D eigenvalue weighted by Crippen LogP contribution is 2.18. The summed E-state index contributed by atoms with van der Waals surface area (Å²) in [5.74, 6) is 0.192. The zero-order valence-electron chi connectivity index (χ0n) is 16.5. The van der Waals surface area contributed by atoms with E-state index in [1.807, 2.05) is 19.2 Å². The Morgan fingerprint density at radius 2 is 1.72 bits per heavy atom. The predicted molar refractivity (Wildman–Crippen MR) is 113 cm³/mol. The molecule has 29 heavy (non-hydrogen) atoms. The number of halogens is 1. The Morgan fingerprint density at radius 1 is 1.00 bits per heavy atom. The summed E-state index contributed by atoms with van der Waals surface area (Å²) in [6, 6.07) is 12.9. The molecule has 2 aromatic heterocycles. The average Bonchev–Trinajstić information content (AvgIpc) is 2.73.